The molecule has 1 N–H and O–H groups in total. The number of hydrogen-bond acceptors (Lipinski definition) is 4. The number of anilines is 1. The lowest BCUT2D eigenvalue weighted by Gasteiger charge is -2.23. The summed E-state index contributed by atoms with van der Waals surface area (Å²) in [5, 5.41) is 3.63. The summed E-state index contributed by atoms with van der Waals surface area (Å²) in [5.41, 5.74) is 4.07. The van der Waals surface area contributed by atoms with E-state index in [-0.39, 0.29) is 11.2 Å². The van der Waals surface area contributed by atoms with Crippen molar-refractivity contribution in [3.63, 3.8) is 0 Å². The lowest BCUT2D eigenvalue weighted by atomic mass is 9.96. The molecule has 0 atom stereocenters. The Labute approximate surface area is 189 Å². The van der Waals surface area contributed by atoms with Crippen molar-refractivity contribution in [2.75, 3.05) is 5.32 Å². The summed E-state index contributed by atoms with van der Waals surface area (Å²) in [6.45, 7) is 9.51. The van der Waals surface area contributed by atoms with Crippen molar-refractivity contribution in [2.24, 2.45) is 0 Å². The first-order chi connectivity index (χ1) is 15.4. The van der Waals surface area contributed by atoms with E-state index in [2.05, 4.69) is 37.4 Å². The Bertz CT molecular complexity index is 1230. The number of imidazole rings is 1. The second kappa shape index (κ2) is 9.35. The third-order valence-electron chi connectivity index (χ3n) is 6.73. The van der Waals surface area contributed by atoms with Gasteiger partial charge in [0.25, 0.3) is 5.56 Å². The third kappa shape index (κ3) is 4.12. The van der Waals surface area contributed by atoms with Crippen LogP contribution in [0.5, 0.6) is 0 Å². The fourth-order valence-corrected chi connectivity index (χ4v) is 4.77. The van der Waals surface area contributed by atoms with Gasteiger partial charge in [-0.15, -0.1) is 0 Å². The van der Waals surface area contributed by atoms with Crippen LogP contribution in [0.2, 0.25) is 0 Å². The van der Waals surface area contributed by atoms with Crippen LogP contribution in [-0.4, -0.2) is 24.7 Å². The average Bonchev–Trinajstić information content (AvgIpc) is 3.12. The fraction of sp³-hybridized carbons (Fsp3) is 0.560. The monoisotopic (exact) mass is 437 g/mol. The lowest BCUT2D eigenvalue weighted by Crippen LogP contribution is -2.40. The molecule has 2 heterocycles. The molecule has 0 radical (unpaired) electrons. The minimum Gasteiger partial charge on any atom is -0.353 e. The maximum atomic E-state index is 13.4. The average molecular weight is 438 g/mol. The fourth-order valence-electron chi connectivity index (χ4n) is 4.77. The molecule has 0 spiro atoms. The molecule has 0 unspecified atom stereocenters. The second-order valence-electron chi connectivity index (χ2n) is 9.08. The second-order valence-corrected chi connectivity index (χ2v) is 9.08. The highest BCUT2D eigenvalue weighted by molar-refractivity contribution is 5.74. The summed E-state index contributed by atoms with van der Waals surface area (Å²) in [6, 6.07) is 6.75. The highest BCUT2D eigenvalue weighted by atomic mass is 16.2. The Morgan fingerprint density at radius 1 is 1.00 bits per heavy atom. The number of fused-ring (bicyclic) bond motifs is 1. The minimum atomic E-state index is -0.271. The third-order valence-corrected chi connectivity index (χ3v) is 6.73. The molecule has 2 aromatic heterocycles. The summed E-state index contributed by atoms with van der Waals surface area (Å²) in [5.74, 6) is 0.695. The van der Waals surface area contributed by atoms with Gasteiger partial charge in [-0.2, -0.15) is 4.98 Å². The molecule has 0 aliphatic heterocycles. The topological polar surface area (TPSA) is 73.8 Å². The van der Waals surface area contributed by atoms with E-state index in [0.29, 0.717) is 42.8 Å². The van der Waals surface area contributed by atoms with E-state index >= 15 is 0 Å². The van der Waals surface area contributed by atoms with Crippen LogP contribution >= 0.6 is 0 Å². The molecule has 0 saturated heterocycles. The Morgan fingerprint density at radius 3 is 2.41 bits per heavy atom. The number of benzene rings is 1. The summed E-state index contributed by atoms with van der Waals surface area (Å²) < 4.78 is 5.00. The number of nitrogens with one attached hydrogen (secondary N) is 1. The van der Waals surface area contributed by atoms with Crippen LogP contribution in [0.25, 0.3) is 11.2 Å². The van der Waals surface area contributed by atoms with Crippen molar-refractivity contribution in [3.05, 3.63) is 55.7 Å². The highest BCUT2D eigenvalue weighted by Crippen LogP contribution is 2.25. The Morgan fingerprint density at radius 2 is 1.75 bits per heavy atom. The normalized spacial score (nSPS) is 14.9. The molecule has 1 aromatic carbocycles. The first-order valence-electron chi connectivity index (χ1n) is 12.0. The van der Waals surface area contributed by atoms with E-state index in [1.165, 1.54) is 35.0 Å². The molecule has 7 nitrogen and oxygen atoms in total. The highest BCUT2D eigenvalue weighted by Gasteiger charge is 2.23. The zero-order chi connectivity index (χ0) is 22.8. The van der Waals surface area contributed by atoms with Crippen molar-refractivity contribution in [1.82, 2.24) is 18.7 Å². The van der Waals surface area contributed by atoms with Crippen molar-refractivity contribution in [3.8, 4) is 0 Å². The van der Waals surface area contributed by atoms with E-state index in [4.69, 9.17) is 4.98 Å². The van der Waals surface area contributed by atoms with Gasteiger partial charge >= 0.3 is 5.69 Å². The van der Waals surface area contributed by atoms with E-state index in [1.54, 1.807) is 4.57 Å². The van der Waals surface area contributed by atoms with Gasteiger partial charge in [0.15, 0.2) is 11.2 Å². The number of hydrogen-bond donors (Lipinski definition) is 1. The molecule has 0 amide bonds. The summed E-state index contributed by atoms with van der Waals surface area (Å²) >= 11 is 0. The van der Waals surface area contributed by atoms with Gasteiger partial charge in [0.05, 0.1) is 6.54 Å². The first kappa shape index (κ1) is 22.4. The molecule has 172 valence electrons. The van der Waals surface area contributed by atoms with Gasteiger partial charge in [-0.3, -0.25) is 18.5 Å². The van der Waals surface area contributed by atoms with Crippen molar-refractivity contribution in [1.29, 1.82) is 0 Å². The molecule has 1 aliphatic rings. The molecule has 4 rings (SSSR count). The van der Waals surface area contributed by atoms with Gasteiger partial charge in [0.1, 0.15) is 0 Å². The summed E-state index contributed by atoms with van der Waals surface area (Å²) in [7, 11) is 0. The van der Waals surface area contributed by atoms with Crippen molar-refractivity contribution < 1.29 is 0 Å². The Kier molecular flexibility index (Phi) is 6.53. The minimum absolute atomic E-state index is 0.257. The Balaban J connectivity index is 1.92. The van der Waals surface area contributed by atoms with Crippen LogP contribution in [0.3, 0.4) is 0 Å². The molecule has 7 heteroatoms. The standard InChI is InChI=1S/C25H35N5O2/c1-5-14-29-22-21(23(31)28(6-2)25(29)32)30(16-19-13-12-17(3)18(4)15-19)24(27-22)26-20-10-8-7-9-11-20/h12-13,15,20H,5-11,14,16H2,1-4H3,(H,26,27). The van der Waals surface area contributed by atoms with Crippen LogP contribution < -0.4 is 16.6 Å². The maximum absolute atomic E-state index is 13.4. The van der Waals surface area contributed by atoms with Gasteiger partial charge in [0.2, 0.25) is 5.95 Å². The molecule has 32 heavy (non-hydrogen) atoms. The van der Waals surface area contributed by atoms with Crippen molar-refractivity contribution in [2.45, 2.75) is 91.9 Å². The van der Waals surface area contributed by atoms with Gasteiger partial charge in [0, 0.05) is 19.1 Å². The van der Waals surface area contributed by atoms with Crippen LogP contribution in [0.4, 0.5) is 5.95 Å². The quantitative estimate of drug-likeness (QED) is 0.601. The molecular formula is C25H35N5O2. The van der Waals surface area contributed by atoms with E-state index < -0.39 is 0 Å². The predicted octanol–water partition coefficient (Wildman–Crippen LogP) is 4.20. The molecule has 3 aromatic rings. The Hall–Kier alpha value is -2.83. The molecule has 0 bridgehead atoms. The molecular weight excluding hydrogens is 402 g/mol. The summed E-state index contributed by atoms with van der Waals surface area (Å²) in [6.07, 6.45) is 6.69. The van der Waals surface area contributed by atoms with Gasteiger partial charge in [-0.25, -0.2) is 4.79 Å². The van der Waals surface area contributed by atoms with Gasteiger partial charge < -0.3 is 5.32 Å². The van der Waals surface area contributed by atoms with E-state index in [9.17, 15) is 9.59 Å². The number of nitrogens with zero attached hydrogens (tertiary/aromatic N) is 4. The van der Waals surface area contributed by atoms with Gasteiger partial charge in [-0.1, -0.05) is 44.4 Å². The maximum Gasteiger partial charge on any atom is 0.332 e. The van der Waals surface area contributed by atoms with Crippen LogP contribution in [-0.2, 0) is 19.6 Å². The zero-order valence-corrected chi connectivity index (χ0v) is 19.8. The van der Waals surface area contributed by atoms with Crippen molar-refractivity contribution >= 4 is 17.1 Å². The molecule has 1 fully saturated rings. The SMILES string of the molecule is CCCn1c(=O)n(CC)c(=O)c2c1nc(NC1CCCCC1)n2Cc1ccc(C)c(C)c1. The number of aromatic nitrogens is 4. The van der Waals surface area contributed by atoms with E-state index in [1.807, 2.05) is 18.4 Å². The zero-order valence-electron chi connectivity index (χ0n) is 19.8. The number of rotatable bonds is 7. The van der Waals surface area contributed by atoms with Crippen LogP contribution in [0.1, 0.15) is 69.1 Å². The van der Waals surface area contributed by atoms with Crippen LogP contribution in [0.15, 0.2) is 27.8 Å². The largest absolute Gasteiger partial charge is 0.353 e. The smallest absolute Gasteiger partial charge is 0.332 e. The lowest BCUT2D eigenvalue weighted by molar-refractivity contribution is 0.459. The number of aryl methyl sites for hydroxylation is 3. The molecule has 1 saturated carbocycles. The predicted molar refractivity (Wildman–Crippen MR) is 130 cm³/mol. The first-order valence-corrected chi connectivity index (χ1v) is 12.0. The van der Waals surface area contributed by atoms with Crippen LogP contribution in [0, 0.1) is 13.8 Å². The van der Waals surface area contributed by atoms with Gasteiger partial charge in [-0.05, 0) is 56.7 Å². The molecule has 1 aliphatic carbocycles. The van der Waals surface area contributed by atoms with E-state index in [0.717, 1.165) is 24.8 Å². The summed E-state index contributed by atoms with van der Waals surface area (Å²) in [4.78, 5) is 31.3.